The Labute approximate surface area is 110 Å². The number of carbonyl (C=O) groups is 1. The first kappa shape index (κ1) is 17.4. The van der Waals surface area contributed by atoms with Gasteiger partial charge in [-0.15, -0.1) is 0 Å². The van der Waals surface area contributed by atoms with Gasteiger partial charge in [0, 0.05) is 19.6 Å². The van der Waals surface area contributed by atoms with Gasteiger partial charge in [0.1, 0.15) is 6.61 Å². The summed E-state index contributed by atoms with van der Waals surface area (Å²) < 4.78 is 11.0. The van der Waals surface area contributed by atoms with Gasteiger partial charge in [-0.05, 0) is 12.8 Å². The fourth-order valence-corrected chi connectivity index (χ4v) is 1.08. The molecule has 0 aromatic carbocycles. The highest BCUT2D eigenvalue weighted by molar-refractivity contribution is 5.68. The first-order valence-electron chi connectivity index (χ1n) is 6.80. The van der Waals surface area contributed by atoms with Gasteiger partial charge in [-0.2, -0.15) is 4.89 Å². The lowest BCUT2D eigenvalue weighted by molar-refractivity contribution is -0.306. The van der Waals surface area contributed by atoms with Crippen LogP contribution in [0.15, 0.2) is 0 Å². The molecule has 0 saturated heterocycles. The van der Waals surface area contributed by atoms with Gasteiger partial charge in [0.25, 0.3) is 0 Å². The van der Waals surface area contributed by atoms with Gasteiger partial charge in [-0.25, -0.2) is 4.79 Å². The number of ether oxygens (including phenoxy) is 2. The lowest BCUT2D eigenvalue weighted by atomic mass is 10.3. The minimum atomic E-state index is -0.465. The normalized spacial score (nSPS) is 10.9. The number of hydrogen-bond donors (Lipinski definition) is 0. The molecule has 0 bridgehead atoms. The van der Waals surface area contributed by atoms with Crippen molar-refractivity contribution in [3.63, 3.8) is 0 Å². The molecule has 0 aliphatic rings. The van der Waals surface area contributed by atoms with Crippen LogP contribution < -0.4 is 0 Å². The van der Waals surface area contributed by atoms with Gasteiger partial charge in [-0.1, -0.05) is 33.6 Å². The smallest absolute Gasteiger partial charge is 0.342 e. The Morgan fingerprint density at radius 1 is 1.00 bits per heavy atom. The third-order valence-corrected chi connectivity index (χ3v) is 2.25. The van der Waals surface area contributed by atoms with Crippen molar-refractivity contribution in [1.82, 2.24) is 0 Å². The molecule has 0 amide bonds. The molecular formula is C13H26O5. The van der Waals surface area contributed by atoms with E-state index >= 15 is 0 Å². The van der Waals surface area contributed by atoms with Gasteiger partial charge in [-0.3, -0.25) is 4.89 Å². The van der Waals surface area contributed by atoms with E-state index in [0.717, 1.165) is 25.7 Å². The first-order valence-corrected chi connectivity index (χ1v) is 6.80. The maximum Gasteiger partial charge on any atom is 0.342 e. The summed E-state index contributed by atoms with van der Waals surface area (Å²) in [6.07, 6.45) is 3.90. The molecule has 0 aliphatic heterocycles. The van der Waals surface area contributed by atoms with Gasteiger partial charge in [0.2, 0.25) is 0 Å². The highest BCUT2D eigenvalue weighted by Gasteiger charge is 2.11. The van der Waals surface area contributed by atoms with Crippen LogP contribution in [0.3, 0.4) is 0 Å². The fourth-order valence-electron chi connectivity index (χ4n) is 1.08. The number of carbonyl (C=O) groups excluding carboxylic acids is 1. The van der Waals surface area contributed by atoms with Crippen LogP contribution >= 0.6 is 0 Å². The maximum atomic E-state index is 10.9. The van der Waals surface area contributed by atoms with E-state index in [2.05, 4.69) is 18.7 Å². The lowest BCUT2D eigenvalue weighted by Gasteiger charge is -2.17. The Kier molecular flexibility index (Phi) is 12.3. The summed E-state index contributed by atoms with van der Waals surface area (Å²) in [6, 6.07) is 0. The summed E-state index contributed by atoms with van der Waals surface area (Å²) in [5.41, 5.74) is 0. The average Bonchev–Trinajstić information content (AvgIpc) is 2.38. The van der Waals surface area contributed by atoms with E-state index in [0.29, 0.717) is 13.2 Å². The lowest BCUT2D eigenvalue weighted by Crippen LogP contribution is -2.25. The third kappa shape index (κ3) is 10.5. The molecule has 0 spiro atoms. The minimum Gasteiger partial charge on any atom is -0.350 e. The number of rotatable bonds is 12. The van der Waals surface area contributed by atoms with E-state index < -0.39 is 12.3 Å². The van der Waals surface area contributed by atoms with E-state index in [1.165, 1.54) is 0 Å². The molecular weight excluding hydrogens is 236 g/mol. The largest absolute Gasteiger partial charge is 0.350 e. The van der Waals surface area contributed by atoms with Crippen LogP contribution in [0.5, 0.6) is 0 Å². The van der Waals surface area contributed by atoms with Gasteiger partial charge in [0.05, 0.1) is 0 Å². The molecule has 0 radical (unpaired) electrons. The van der Waals surface area contributed by atoms with E-state index in [9.17, 15) is 4.79 Å². The van der Waals surface area contributed by atoms with Crippen molar-refractivity contribution < 1.29 is 24.0 Å². The van der Waals surface area contributed by atoms with Crippen LogP contribution in [0.1, 0.15) is 52.9 Å². The van der Waals surface area contributed by atoms with Gasteiger partial charge in [0.15, 0.2) is 6.29 Å². The Morgan fingerprint density at radius 2 is 1.56 bits per heavy atom. The van der Waals surface area contributed by atoms with Crippen molar-refractivity contribution in [2.45, 2.75) is 59.2 Å². The second kappa shape index (κ2) is 12.8. The van der Waals surface area contributed by atoms with Crippen molar-refractivity contribution in [2.75, 3.05) is 19.8 Å². The number of unbranched alkanes of at least 4 members (excludes halogenated alkanes) is 2. The molecule has 0 saturated carbocycles. The van der Waals surface area contributed by atoms with Crippen LogP contribution in [0, 0.1) is 0 Å². The Morgan fingerprint density at radius 3 is 2.00 bits per heavy atom. The van der Waals surface area contributed by atoms with Crippen LogP contribution in [0.25, 0.3) is 0 Å². The zero-order chi connectivity index (χ0) is 13.6. The standard InChI is InChI=1S/C13H26O5/c1-4-7-9-15-13(16-10-8-5-2)11-17-18-12(14)6-3/h13H,4-11H2,1-3H3. The van der Waals surface area contributed by atoms with Crippen LogP contribution in [0.2, 0.25) is 0 Å². The second-order valence-electron chi connectivity index (χ2n) is 3.97. The van der Waals surface area contributed by atoms with Gasteiger partial charge >= 0.3 is 5.97 Å². The SMILES string of the molecule is CCCCOC(COOC(=O)CC)OCCCC. The van der Waals surface area contributed by atoms with Crippen molar-refractivity contribution in [2.24, 2.45) is 0 Å². The maximum absolute atomic E-state index is 10.9. The molecule has 0 heterocycles. The number of hydrogen-bond acceptors (Lipinski definition) is 5. The quantitative estimate of drug-likeness (QED) is 0.234. The van der Waals surface area contributed by atoms with Crippen LogP contribution in [-0.4, -0.2) is 32.1 Å². The van der Waals surface area contributed by atoms with E-state index in [4.69, 9.17) is 14.4 Å². The molecule has 0 unspecified atom stereocenters. The zero-order valence-corrected chi connectivity index (χ0v) is 11.8. The molecule has 18 heavy (non-hydrogen) atoms. The predicted molar refractivity (Wildman–Crippen MR) is 67.8 cm³/mol. The van der Waals surface area contributed by atoms with Crippen molar-refractivity contribution in [1.29, 1.82) is 0 Å². The molecule has 0 atom stereocenters. The summed E-state index contributed by atoms with van der Waals surface area (Å²) in [5, 5.41) is 0. The summed E-state index contributed by atoms with van der Waals surface area (Å²) in [5.74, 6) is -0.393. The summed E-state index contributed by atoms with van der Waals surface area (Å²) >= 11 is 0. The second-order valence-corrected chi connectivity index (χ2v) is 3.97. The fraction of sp³-hybridized carbons (Fsp3) is 0.923. The Balaban J connectivity index is 3.76. The summed E-state index contributed by atoms with van der Waals surface area (Å²) in [6.45, 7) is 7.25. The molecule has 0 fully saturated rings. The molecule has 0 aromatic rings. The van der Waals surface area contributed by atoms with E-state index in [1.807, 2.05) is 0 Å². The molecule has 108 valence electrons. The molecule has 0 N–H and O–H groups in total. The van der Waals surface area contributed by atoms with Crippen molar-refractivity contribution >= 4 is 5.97 Å². The van der Waals surface area contributed by atoms with Crippen LogP contribution in [-0.2, 0) is 24.0 Å². The van der Waals surface area contributed by atoms with Gasteiger partial charge < -0.3 is 9.47 Å². The first-order chi connectivity index (χ1) is 8.74. The van der Waals surface area contributed by atoms with E-state index in [1.54, 1.807) is 6.92 Å². The monoisotopic (exact) mass is 262 g/mol. The minimum absolute atomic E-state index is 0.110. The Bertz CT molecular complexity index is 186. The zero-order valence-electron chi connectivity index (χ0n) is 11.8. The predicted octanol–water partition coefficient (Wildman–Crippen LogP) is 2.83. The molecule has 0 aliphatic carbocycles. The molecule has 5 heteroatoms. The summed E-state index contributed by atoms with van der Waals surface area (Å²) in [7, 11) is 0. The third-order valence-electron chi connectivity index (χ3n) is 2.25. The van der Waals surface area contributed by atoms with Crippen molar-refractivity contribution in [3.8, 4) is 0 Å². The van der Waals surface area contributed by atoms with Crippen molar-refractivity contribution in [3.05, 3.63) is 0 Å². The van der Waals surface area contributed by atoms with E-state index in [-0.39, 0.29) is 13.0 Å². The highest BCUT2D eigenvalue weighted by Crippen LogP contribution is 2.02. The molecule has 0 aromatic heterocycles. The Hall–Kier alpha value is -0.650. The topological polar surface area (TPSA) is 54.0 Å². The highest BCUT2D eigenvalue weighted by atomic mass is 17.2. The summed E-state index contributed by atoms with van der Waals surface area (Å²) in [4.78, 5) is 20.2. The van der Waals surface area contributed by atoms with Crippen LogP contribution in [0.4, 0.5) is 0 Å². The molecule has 5 nitrogen and oxygen atoms in total. The molecule has 0 rings (SSSR count). The average molecular weight is 262 g/mol.